The number of alkyl halides is 3. The van der Waals surface area contributed by atoms with Crippen LogP contribution in [0.25, 0.3) is 0 Å². The van der Waals surface area contributed by atoms with Gasteiger partial charge in [0.1, 0.15) is 100 Å². The maximum atomic E-state index is 16.0. The first-order valence-corrected chi connectivity index (χ1v) is 43.9. The van der Waals surface area contributed by atoms with Gasteiger partial charge in [0.15, 0.2) is 67.7 Å². The lowest BCUT2D eigenvalue weighted by Gasteiger charge is -2.54. The van der Waals surface area contributed by atoms with E-state index in [1.165, 1.54) is 109 Å². The lowest BCUT2D eigenvalue weighted by molar-refractivity contribution is -0.402. The molecule has 5 saturated heterocycles. The summed E-state index contributed by atoms with van der Waals surface area (Å²) in [4.78, 5) is 253. The topological polar surface area (TPSA) is 595 Å². The second kappa shape index (κ2) is 51.0. The largest absolute Gasteiger partial charge is 0.465 e. The highest BCUT2D eigenvalue weighted by molar-refractivity contribution is 6.76. The first-order chi connectivity index (χ1) is 66.1. The summed E-state index contributed by atoms with van der Waals surface area (Å²) in [6.07, 6.45) is -55.7. The molecule has 0 radical (unpaired) electrons. The highest BCUT2D eigenvalue weighted by Crippen LogP contribution is 2.46. The van der Waals surface area contributed by atoms with E-state index < -0.39 is 315 Å². The number of halogens is 3. The first-order valence-electron chi connectivity index (χ1n) is 42.8. The van der Waals surface area contributed by atoms with E-state index in [9.17, 15) is 76.7 Å². The van der Waals surface area contributed by atoms with Crippen LogP contribution in [0.1, 0.15) is 138 Å². The van der Waals surface area contributed by atoms with Crippen LogP contribution in [0.4, 0.5) is 0 Å². The van der Waals surface area contributed by atoms with Crippen molar-refractivity contribution in [1.82, 2.24) is 10.6 Å². The van der Waals surface area contributed by atoms with Crippen molar-refractivity contribution < 1.29 is 209 Å². The smallest absolute Gasteiger partial charge is 0.366 e. The third kappa shape index (κ3) is 31.2. The molecule has 3 N–H and O–H groups in total. The normalized spacial score (nSPS) is 27.9. The minimum atomic E-state index is -3.62. The fraction of sp³-hybridized carbons (Fsp3) is 0.522. The molecule has 5 aliphatic heterocycles. The van der Waals surface area contributed by atoms with Crippen molar-refractivity contribution in [3.05, 3.63) is 144 Å². The van der Waals surface area contributed by atoms with Crippen LogP contribution < -0.4 is 10.6 Å². The molecule has 26 atom stereocenters. The van der Waals surface area contributed by atoms with Crippen molar-refractivity contribution in [2.75, 3.05) is 40.1 Å². The Balaban J connectivity index is 1.38. The van der Waals surface area contributed by atoms with Gasteiger partial charge in [-0.1, -0.05) is 108 Å². The fourth-order valence-corrected chi connectivity index (χ4v) is 15.5. The standard InChI is InChI=1S/C90H102Cl3N3O44/c1-41(97)95-64-58(121-46(6)102)35-89(88(114)115-14,139-72(64)67(124-49(9)105)59(122-47(7)103)36-116-43(3)99)140-75-70(61(38-118-45(5)101)130-85(78(75)128-53(13)109)136-69-60(37-117-44(4)100)132-86(138-87(94)90(91,92)93)76(127-52(12)108)74(69)126-51(11)107)135-83-65(96-42(2)98)71(66(123-48(8)104)62(129-83)39-119-79(110)54-27-19-15-20-28-54)137-84-77(134-82(113)57-33-25-18-26-34-57)73(125-50(10)106)68(133-81(112)56-31-23-17-24-32-56)63(131-84)40-120-80(111)55-29-21-16-22-30-55/h15-34,58-78,83-86,94H,35-40H2,1-14H3,(H,95,97)(H,96,98)/t58-,59+,60+,61+,62+,63+,64+,65+,66-,67+,68-,69+,70-,71+,72+,73-,74-,75-,76+,77+,78+,83-,84-,85-,86+,89-/m0/s1. The molecule has 50 heteroatoms. The zero-order valence-electron chi connectivity index (χ0n) is 77.3. The van der Waals surface area contributed by atoms with Crippen LogP contribution in [0.5, 0.6) is 0 Å². The summed E-state index contributed by atoms with van der Waals surface area (Å²) >= 11 is 18.3. The minimum absolute atomic E-state index is 0.0645. The molecule has 0 bridgehead atoms. The Kier molecular flexibility index (Phi) is 40.4. The van der Waals surface area contributed by atoms with Gasteiger partial charge in [0.2, 0.25) is 30.1 Å². The molecule has 5 heterocycles. The SMILES string of the molecule is COC(=O)[C@@]1(O[C@H]2[C@@H](O[C@@H]3O[C@H](COC(=O)c4ccccc4)[C@H](OC(C)=O)[C@H](O[C@@H]4O[C@H](COC(=O)c5ccccc5)[C@H](OC(=O)c5ccccc5)[C@H](OC(C)=O)[C@H]4OC(=O)c4ccccc4)[C@H]3NC(C)=O)[C@@H](COC(C)=O)O[C@@H](O[C@H]3[C@H](OC(C)=O)[C@@H](OC(C)=O)[C@@H](OC(=N)C(Cl)(Cl)Cl)O[C@@H]3COC(C)=O)[C@@H]2OC(C)=O)C[C@H](OC(C)=O)[C@@H](NC(C)=O)[C@H]([C@H](OC(C)=O)[C@@H](COC(C)=O)OC(C)=O)O1. The van der Waals surface area contributed by atoms with Crippen LogP contribution in [0.3, 0.4) is 0 Å². The van der Waals surface area contributed by atoms with E-state index in [0.717, 1.165) is 90.0 Å². The Morgan fingerprint density at radius 3 is 1.12 bits per heavy atom. The van der Waals surface area contributed by atoms with Crippen LogP contribution in [0.2, 0.25) is 0 Å². The number of benzene rings is 4. The molecule has 5 aliphatic rings. The average Bonchev–Trinajstić information content (AvgIpc) is 0.764. The molecule has 5 fully saturated rings. The number of carbonyl (C=O) groups excluding carboxylic acids is 18. The molecule has 4 aromatic carbocycles. The Bertz CT molecular complexity index is 5100. The highest BCUT2D eigenvalue weighted by atomic mass is 35.6. The molecule has 0 aliphatic carbocycles. The third-order valence-corrected chi connectivity index (χ3v) is 21.2. The molecule has 9 rings (SSSR count). The second-order valence-electron chi connectivity index (χ2n) is 31.5. The molecule has 0 aromatic heterocycles. The van der Waals surface area contributed by atoms with Crippen molar-refractivity contribution in [3.8, 4) is 0 Å². The number of ether oxygens (including phenoxy) is 26. The summed E-state index contributed by atoms with van der Waals surface area (Å²) in [5, 5.41) is 13.7. The van der Waals surface area contributed by atoms with Crippen LogP contribution >= 0.6 is 34.8 Å². The van der Waals surface area contributed by atoms with Gasteiger partial charge in [-0.05, 0) is 48.5 Å². The van der Waals surface area contributed by atoms with Gasteiger partial charge in [-0.15, -0.1) is 0 Å². The Labute approximate surface area is 812 Å². The van der Waals surface area contributed by atoms with E-state index >= 15 is 9.59 Å². The monoisotopic (exact) mass is 2030 g/mol. The highest BCUT2D eigenvalue weighted by Gasteiger charge is 2.67. The average molecular weight is 2040 g/mol. The molecule has 0 saturated carbocycles. The predicted octanol–water partition coefficient (Wildman–Crippen LogP) is 3.77. The molecule has 2 amide bonds. The van der Waals surface area contributed by atoms with Crippen molar-refractivity contribution in [3.63, 3.8) is 0 Å². The van der Waals surface area contributed by atoms with E-state index in [1.807, 2.05) is 0 Å². The molecule has 0 spiro atoms. The number of methoxy groups -OCH3 is 1. The summed E-state index contributed by atoms with van der Waals surface area (Å²) in [5.41, 5.74) is -0.588. The number of hydrogen-bond acceptors (Lipinski definition) is 45. The summed E-state index contributed by atoms with van der Waals surface area (Å²) in [6.45, 7) is 5.40. The molecule has 47 nitrogen and oxygen atoms in total. The predicted molar refractivity (Wildman–Crippen MR) is 462 cm³/mol. The van der Waals surface area contributed by atoms with Gasteiger partial charge in [0, 0.05) is 90.0 Å². The van der Waals surface area contributed by atoms with Gasteiger partial charge < -0.3 is 134 Å². The van der Waals surface area contributed by atoms with Gasteiger partial charge in [0.05, 0.1) is 41.8 Å². The first kappa shape index (κ1) is 111. The van der Waals surface area contributed by atoms with Gasteiger partial charge in [-0.3, -0.25) is 67.7 Å². The fourth-order valence-electron chi connectivity index (χ4n) is 15.4. The maximum absolute atomic E-state index is 16.0. The third-order valence-electron chi connectivity index (χ3n) is 20.7. The van der Waals surface area contributed by atoms with Crippen LogP contribution in [0, 0.1) is 5.41 Å². The molecule has 140 heavy (non-hydrogen) atoms. The van der Waals surface area contributed by atoms with E-state index in [0.29, 0.717) is 7.11 Å². The van der Waals surface area contributed by atoms with Gasteiger partial charge in [-0.25, -0.2) is 24.0 Å². The second-order valence-corrected chi connectivity index (χ2v) is 33.8. The molecular weight excluding hydrogens is 1930 g/mol. The number of esters is 16. The molecular formula is C90H102Cl3N3O44. The summed E-state index contributed by atoms with van der Waals surface area (Å²) in [5.74, 6) is -27.0. The van der Waals surface area contributed by atoms with Crippen molar-refractivity contribution in [1.29, 1.82) is 5.41 Å². The molecule has 4 aromatic rings. The van der Waals surface area contributed by atoms with Crippen molar-refractivity contribution in [2.45, 2.75) is 259 Å². The lowest BCUT2D eigenvalue weighted by Crippen LogP contribution is -2.73. The van der Waals surface area contributed by atoms with Crippen LogP contribution in [0.15, 0.2) is 121 Å². The Hall–Kier alpha value is -12.7. The van der Waals surface area contributed by atoms with Crippen molar-refractivity contribution >= 4 is 148 Å². The summed E-state index contributed by atoms with van der Waals surface area (Å²) in [7, 11) is 0.704. The molecule has 762 valence electrons. The summed E-state index contributed by atoms with van der Waals surface area (Å²) < 4.78 is 158. The summed E-state index contributed by atoms with van der Waals surface area (Å²) in [6, 6.07) is 24.0. The number of carbonyl (C=O) groups is 18. The number of hydrogen-bond donors (Lipinski definition) is 3. The Morgan fingerprint density at radius 2 is 0.707 bits per heavy atom. The zero-order valence-corrected chi connectivity index (χ0v) is 79.6. The molecule has 0 unspecified atom stereocenters. The van der Waals surface area contributed by atoms with E-state index in [4.69, 9.17) is 163 Å². The van der Waals surface area contributed by atoms with Gasteiger partial charge >= 0.3 is 95.5 Å². The quantitative estimate of drug-likeness (QED) is 0.0189. The number of amides is 2. The van der Waals surface area contributed by atoms with Gasteiger partial charge in [0.25, 0.3) is 9.58 Å². The van der Waals surface area contributed by atoms with Crippen LogP contribution in [-0.2, 0) is 190 Å². The number of rotatable bonds is 38. The van der Waals surface area contributed by atoms with Crippen LogP contribution in [-0.4, -0.2) is 316 Å². The maximum Gasteiger partial charge on any atom is 0.366 e. The number of nitrogens with one attached hydrogen (secondary N) is 3. The Morgan fingerprint density at radius 1 is 0.364 bits per heavy atom. The van der Waals surface area contributed by atoms with Gasteiger partial charge in [-0.2, -0.15) is 0 Å². The lowest BCUT2D eigenvalue weighted by atomic mass is 9.87. The van der Waals surface area contributed by atoms with E-state index in [2.05, 4.69) is 10.6 Å². The van der Waals surface area contributed by atoms with Crippen molar-refractivity contribution in [2.24, 2.45) is 0 Å². The van der Waals surface area contributed by atoms with E-state index in [1.54, 1.807) is 12.1 Å². The van der Waals surface area contributed by atoms with E-state index in [-0.39, 0.29) is 22.3 Å². The zero-order chi connectivity index (χ0) is 103. The minimum Gasteiger partial charge on any atom is -0.465 e.